The number of benzene rings is 3. The van der Waals surface area contributed by atoms with Gasteiger partial charge in [-0.05, 0) is 47.0 Å². The summed E-state index contributed by atoms with van der Waals surface area (Å²) in [4.78, 5) is 12.0. The molecule has 0 radical (unpaired) electrons. The average molecular weight is 415 g/mol. The largest absolute Gasteiger partial charge is 0.493 e. The first-order valence-corrected chi connectivity index (χ1v) is 9.47. The van der Waals surface area contributed by atoms with E-state index in [1.165, 1.54) is 13.3 Å². The van der Waals surface area contributed by atoms with Gasteiger partial charge < -0.3 is 14.2 Å². The predicted molar refractivity (Wildman–Crippen MR) is 117 cm³/mol. The average Bonchev–Trinajstić information content (AvgIpc) is 2.82. The highest BCUT2D eigenvalue weighted by molar-refractivity contribution is 5.83. The third kappa shape index (κ3) is 6.34. The normalized spacial score (nSPS) is 10.3. The fraction of sp³-hybridized carbons (Fsp3) is 0.125. The molecule has 0 aliphatic rings. The van der Waals surface area contributed by atoms with Crippen molar-refractivity contribution in [2.45, 2.75) is 0 Å². The maximum atomic E-state index is 12.0. The fourth-order valence-corrected chi connectivity index (χ4v) is 2.73. The number of carbonyl (C=O) groups excluding carboxylic acids is 1. The van der Waals surface area contributed by atoms with Crippen LogP contribution in [0.1, 0.15) is 5.56 Å². The van der Waals surface area contributed by atoms with E-state index in [1.807, 2.05) is 60.7 Å². The van der Waals surface area contributed by atoms with Gasteiger partial charge in [-0.25, -0.2) is 5.43 Å². The van der Waals surface area contributed by atoms with Crippen molar-refractivity contribution in [1.29, 1.82) is 5.26 Å². The van der Waals surface area contributed by atoms with Gasteiger partial charge in [0.2, 0.25) is 0 Å². The summed E-state index contributed by atoms with van der Waals surface area (Å²) < 4.78 is 16.0. The molecular weight excluding hydrogens is 394 g/mol. The first kappa shape index (κ1) is 21.4. The summed E-state index contributed by atoms with van der Waals surface area (Å²) >= 11 is 0. The van der Waals surface area contributed by atoms with Crippen molar-refractivity contribution in [2.75, 3.05) is 20.3 Å². The number of nitrogens with zero attached hydrogens (tertiary/aromatic N) is 2. The van der Waals surface area contributed by atoms with E-state index in [-0.39, 0.29) is 19.1 Å². The van der Waals surface area contributed by atoms with Crippen LogP contribution in [0.25, 0.3) is 11.1 Å². The summed E-state index contributed by atoms with van der Waals surface area (Å²) in [6, 6.07) is 24.5. The van der Waals surface area contributed by atoms with E-state index in [1.54, 1.807) is 18.2 Å². The minimum absolute atomic E-state index is 0.0746. The molecule has 0 bridgehead atoms. The van der Waals surface area contributed by atoms with Gasteiger partial charge in [0.05, 0.1) is 13.3 Å². The van der Waals surface area contributed by atoms with E-state index in [4.69, 9.17) is 19.5 Å². The summed E-state index contributed by atoms with van der Waals surface area (Å²) in [5.41, 5.74) is 5.29. The summed E-state index contributed by atoms with van der Waals surface area (Å²) in [6.07, 6.45) is 1.48. The summed E-state index contributed by atoms with van der Waals surface area (Å²) in [5.74, 6) is 1.13. The van der Waals surface area contributed by atoms with Gasteiger partial charge in [0.15, 0.2) is 24.7 Å². The van der Waals surface area contributed by atoms with E-state index in [0.29, 0.717) is 22.8 Å². The lowest BCUT2D eigenvalue weighted by Gasteiger charge is -2.08. The maximum Gasteiger partial charge on any atom is 0.277 e. The first-order valence-electron chi connectivity index (χ1n) is 9.47. The second kappa shape index (κ2) is 11.0. The van der Waals surface area contributed by atoms with E-state index in [2.05, 4.69) is 10.5 Å². The van der Waals surface area contributed by atoms with Gasteiger partial charge in [0, 0.05) is 0 Å². The van der Waals surface area contributed by atoms with Crippen LogP contribution in [0.5, 0.6) is 17.2 Å². The van der Waals surface area contributed by atoms with E-state index >= 15 is 0 Å². The molecule has 0 atom stereocenters. The van der Waals surface area contributed by atoms with Crippen LogP contribution < -0.4 is 19.6 Å². The van der Waals surface area contributed by atoms with Crippen LogP contribution in [0, 0.1) is 11.3 Å². The fourth-order valence-electron chi connectivity index (χ4n) is 2.73. The van der Waals surface area contributed by atoms with Crippen molar-refractivity contribution in [3.8, 4) is 34.4 Å². The molecule has 0 saturated carbocycles. The van der Waals surface area contributed by atoms with E-state index in [9.17, 15) is 4.79 Å². The zero-order valence-electron chi connectivity index (χ0n) is 16.9. The van der Waals surface area contributed by atoms with Gasteiger partial charge in [-0.1, -0.05) is 42.5 Å². The van der Waals surface area contributed by atoms with E-state index < -0.39 is 0 Å². The molecule has 0 aliphatic carbocycles. The number of nitriles is 1. The van der Waals surface area contributed by atoms with Crippen molar-refractivity contribution in [3.05, 3.63) is 78.4 Å². The number of nitrogens with one attached hydrogen (secondary N) is 1. The molecule has 0 spiro atoms. The van der Waals surface area contributed by atoms with Crippen LogP contribution in [0.4, 0.5) is 0 Å². The number of carbonyl (C=O) groups is 1. The molecule has 0 fully saturated rings. The van der Waals surface area contributed by atoms with Crippen LogP contribution in [-0.4, -0.2) is 32.4 Å². The number of hydrogen-bond donors (Lipinski definition) is 1. The molecule has 156 valence electrons. The third-order valence-corrected chi connectivity index (χ3v) is 4.21. The lowest BCUT2D eigenvalue weighted by Crippen LogP contribution is -2.24. The maximum absolute atomic E-state index is 12.0. The number of amides is 1. The Morgan fingerprint density at radius 3 is 2.45 bits per heavy atom. The summed E-state index contributed by atoms with van der Waals surface area (Å²) in [7, 11) is 1.50. The highest BCUT2D eigenvalue weighted by Crippen LogP contribution is 2.27. The Balaban J connectivity index is 1.49. The zero-order valence-corrected chi connectivity index (χ0v) is 16.9. The third-order valence-electron chi connectivity index (χ3n) is 4.21. The predicted octanol–water partition coefficient (Wildman–Crippen LogP) is 3.79. The van der Waals surface area contributed by atoms with Gasteiger partial charge in [-0.2, -0.15) is 10.4 Å². The van der Waals surface area contributed by atoms with Gasteiger partial charge in [0.25, 0.3) is 5.91 Å². The van der Waals surface area contributed by atoms with Crippen LogP contribution in [0.3, 0.4) is 0 Å². The second-order valence-electron chi connectivity index (χ2n) is 6.33. The van der Waals surface area contributed by atoms with Crippen molar-refractivity contribution in [3.63, 3.8) is 0 Å². The minimum Gasteiger partial charge on any atom is -0.493 e. The van der Waals surface area contributed by atoms with Crippen LogP contribution in [0.15, 0.2) is 77.9 Å². The molecule has 1 amide bonds. The summed E-state index contributed by atoms with van der Waals surface area (Å²) in [6.45, 7) is -0.235. The molecule has 1 N–H and O–H groups in total. The molecule has 3 aromatic rings. The second-order valence-corrected chi connectivity index (χ2v) is 6.33. The first-order chi connectivity index (χ1) is 15.2. The molecule has 3 aromatic carbocycles. The number of hydrogen-bond acceptors (Lipinski definition) is 6. The van der Waals surface area contributed by atoms with Crippen molar-refractivity contribution in [1.82, 2.24) is 5.43 Å². The monoisotopic (exact) mass is 415 g/mol. The SMILES string of the molecule is COc1cc(/C=N\NC(=O)COc2ccc(-c3ccccc3)cc2)ccc1OCC#N. The highest BCUT2D eigenvalue weighted by Gasteiger charge is 2.06. The lowest BCUT2D eigenvalue weighted by atomic mass is 10.1. The smallest absolute Gasteiger partial charge is 0.277 e. The number of methoxy groups -OCH3 is 1. The Hall–Kier alpha value is -4.31. The number of hydrazone groups is 1. The lowest BCUT2D eigenvalue weighted by molar-refractivity contribution is -0.123. The topological polar surface area (TPSA) is 92.9 Å². The molecule has 0 heterocycles. The molecule has 7 heteroatoms. The Labute approximate surface area is 180 Å². The molecule has 7 nitrogen and oxygen atoms in total. The molecule has 0 saturated heterocycles. The van der Waals surface area contributed by atoms with Crippen LogP contribution >= 0.6 is 0 Å². The van der Waals surface area contributed by atoms with E-state index in [0.717, 1.165) is 11.1 Å². The van der Waals surface area contributed by atoms with Crippen LogP contribution in [0.2, 0.25) is 0 Å². The Morgan fingerprint density at radius 2 is 1.74 bits per heavy atom. The summed E-state index contributed by atoms with van der Waals surface area (Å²) in [5, 5.41) is 12.5. The van der Waals surface area contributed by atoms with Gasteiger partial charge in [-0.3, -0.25) is 4.79 Å². The molecule has 0 unspecified atom stereocenters. The van der Waals surface area contributed by atoms with Gasteiger partial charge in [-0.15, -0.1) is 0 Å². The Bertz CT molecular complexity index is 1070. The molecule has 0 aromatic heterocycles. The molecule has 0 aliphatic heterocycles. The number of ether oxygens (including phenoxy) is 3. The van der Waals surface area contributed by atoms with Crippen molar-refractivity contribution >= 4 is 12.1 Å². The van der Waals surface area contributed by atoms with Gasteiger partial charge >= 0.3 is 0 Å². The quantitative estimate of drug-likeness (QED) is 0.424. The van der Waals surface area contributed by atoms with Crippen molar-refractivity contribution < 1.29 is 19.0 Å². The molecule has 31 heavy (non-hydrogen) atoms. The highest BCUT2D eigenvalue weighted by atomic mass is 16.5. The molecular formula is C24H21N3O4. The minimum atomic E-state index is -0.385. The Morgan fingerprint density at radius 1 is 1.00 bits per heavy atom. The van der Waals surface area contributed by atoms with Crippen LogP contribution in [-0.2, 0) is 4.79 Å². The molecule has 3 rings (SSSR count). The standard InChI is InChI=1S/C24H21N3O4/c1-29-23-15-18(7-12-22(23)30-14-13-25)16-26-27-24(28)17-31-21-10-8-20(9-11-21)19-5-3-2-4-6-19/h2-12,15-16H,14,17H2,1H3,(H,27,28)/b26-16-. The van der Waals surface area contributed by atoms with Crippen molar-refractivity contribution in [2.24, 2.45) is 5.10 Å². The zero-order chi connectivity index (χ0) is 21.9. The van der Waals surface area contributed by atoms with Gasteiger partial charge in [0.1, 0.15) is 11.8 Å². The Kier molecular flexibility index (Phi) is 7.61. The number of rotatable bonds is 9.